The third-order valence-electron chi connectivity index (χ3n) is 4.43. The molecule has 2 aromatic carbocycles. The summed E-state index contributed by atoms with van der Waals surface area (Å²) >= 11 is 0. The standard InChI is InChI=1S/C20H22N4O2/c1-12-5-6-17(14(3)7-12)18-11-22-24(23-18)19-9-13(2)8-16(15(19)4)10-21-20(25)26/h5-9,11,21H,10H2,1-4H3,(H,25,26). The zero-order valence-corrected chi connectivity index (χ0v) is 15.4. The Hall–Kier alpha value is -3.15. The largest absolute Gasteiger partial charge is 0.465 e. The van der Waals surface area contributed by atoms with E-state index in [1.165, 1.54) is 5.56 Å². The van der Waals surface area contributed by atoms with Crippen LogP contribution in [0.15, 0.2) is 36.5 Å². The van der Waals surface area contributed by atoms with Crippen molar-refractivity contribution in [3.63, 3.8) is 0 Å². The number of carboxylic acid groups (broad SMARTS) is 1. The van der Waals surface area contributed by atoms with E-state index in [9.17, 15) is 4.79 Å². The molecule has 0 saturated carbocycles. The Morgan fingerprint density at radius 1 is 1.12 bits per heavy atom. The fraction of sp³-hybridized carbons (Fsp3) is 0.250. The van der Waals surface area contributed by atoms with Gasteiger partial charge in [0, 0.05) is 12.1 Å². The van der Waals surface area contributed by atoms with Crippen LogP contribution in [-0.2, 0) is 6.54 Å². The maximum Gasteiger partial charge on any atom is 0.404 e. The van der Waals surface area contributed by atoms with Crippen molar-refractivity contribution in [2.75, 3.05) is 0 Å². The summed E-state index contributed by atoms with van der Waals surface area (Å²) in [6.45, 7) is 8.31. The molecule has 0 atom stereocenters. The second-order valence-corrected chi connectivity index (χ2v) is 6.56. The van der Waals surface area contributed by atoms with Gasteiger partial charge in [0.25, 0.3) is 0 Å². The second-order valence-electron chi connectivity index (χ2n) is 6.56. The van der Waals surface area contributed by atoms with Gasteiger partial charge in [0.05, 0.1) is 11.9 Å². The SMILES string of the molecule is Cc1ccc(-c2cnn(-c3cc(C)cc(CNC(=O)O)c3C)n2)c(C)c1. The van der Waals surface area contributed by atoms with Crippen molar-refractivity contribution in [2.45, 2.75) is 34.2 Å². The molecule has 0 spiro atoms. The molecule has 0 aliphatic rings. The van der Waals surface area contributed by atoms with E-state index in [1.54, 1.807) is 11.0 Å². The molecule has 26 heavy (non-hydrogen) atoms. The molecule has 0 unspecified atom stereocenters. The van der Waals surface area contributed by atoms with Crippen molar-refractivity contribution in [3.8, 4) is 16.9 Å². The number of nitrogens with zero attached hydrogens (tertiary/aromatic N) is 3. The minimum absolute atomic E-state index is 0.251. The lowest BCUT2D eigenvalue weighted by Crippen LogP contribution is -2.21. The monoisotopic (exact) mass is 350 g/mol. The molecular weight excluding hydrogens is 328 g/mol. The van der Waals surface area contributed by atoms with Gasteiger partial charge in [-0.1, -0.05) is 29.8 Å². The highest BCUT2D eigenvalue weighted by molar-refractivity contribution is 5.65. The zero-order valence-electron chi connectivity index (χ0n) is 15.4. The molecule has 0 aliphatic heterocycles. The predicted molar refractivity (Wildman–Crippen MR) is 101 cm³/mol. The lowest BCUT2D eigenvalue weighted by molar-refractivity contribution is 0.194. The Morgan fingerprint density at radius 3 is 2.58 bits per heavy atom. The van der Waals surface area contributed by atoms with Crippen LogP contribution in [-0.4, -0.2) is 26.2 Å². The Labute approximate surface area is 152 Å². The van der Waals surface area contributed by atoms with Gasteiger partial charge in [-0.2, -0.15) is 9.90 Å². The predicted octanol–water partition coefficient (Wildman–Crippen LogP) is 3.94. The summed E-state index contributed by atoms with van der Waals surface area (Å²) in [6.07, 6.45) is 0.719. The Morgan fingerprint density at radius 2 is 1.88 bits per heavy atom. The number of amides is 1. The van der Waals surface area contributed by atoms with Crippen molar-refractivity contribution in [3.05, 3.63) is 64.3 Å². The summed E-state index contributed by atoms with van der Waals surface area (Å²) in [7, 11) is 0. The molecule has 3 rings (SSSR count). The number of nitrogens with one attached hydrogen (secondary N) is 1. The van der Waals surface area contributed by atoms with Crippen LogP contribution in [0.2, 0.25) is 0 Å². The number of rotatable bonds is 4. The molecule has 134 valence electrons. The van der Waals surface area contributed by atoms with Crippen molar-refractivity contribution in [1.82, 2.24) is 20.3 Å². The maximum absolute atomic E-state index is 10.8. The van der Waals surface area contributed by atoms with E-state index >= 15 is 0 Å². The summed E-state index contributed by atoms with van der Waals surface area (Å²) in [4.78, 5) is 12.4. The molecule has 0 bridgehead atoms. The van der Waals surface area contributed by atoms with Crippen LogP contribution in [0, 0.1) is 27.7 Å². The van der Waals surface area contributed by atoms with Gasteiger partial charge in [-0.25, -0.2) is 4.79 Å². The molecule has 0 fully saturated rings. The van der Waals surface area contributed by atoms with E-state index in [0.717, 1.165) is 39.2 Å². The van der Waals surface area contributed by atoms with Crippen LogP contribution in [0.25, 0.3) is 16.9 Å². The van der Waals surface area contributed by atoms with Crippen LogP contribution in [0.3, 0.4) is 0 Å². The van der Waals surface area contributed by atoms with E-state index < -0.39 is 6.09 Å². The van der Waals surface area contributed by atoms with Crippen LogP contribution in [0.1, 0.15) is 27.8 Å². The lowest BCUT2D eigenvalue weighted by Gasteiger charge is -2.12. The van der Waals surface area contributed by atoms with Crippen molar-refractivity contribution < 1.29 is 9.90 Å². The highest BCUT2D eigenvalue weighted by Crippen LogP contribution is 2.24. The van der Waals surface area contributed by atoms with Crippen LogP contribution < -0.4 is 5.32 Å². The molecule has 6 nitrogen and oxygen atoms in total. The molecule has 0 saturated heterocycles. The topological polar surface area (TPSA) is 80.0 Å². The summed E-state index contributed by atoms with van der Waals surface area (Å²) in [5.41, 5.74) is 7.97. The number of hydrogen-bond acceptors (Lipinski definition) is 3. The fourth-order valence-corrected chi connectivity index (χ4v) is 3.08. The quantitative estimate of drug-likeness (QED) is 0.747. The van der Waals surface area contributed by atoms with Gasteiger partial charge >= 0.3 is 6.09 Å². The normalized spacial score (nSPS) is 10.8. The van der Waals surface area contributed by atoms with Crippen LogP contribution in [0.5, 0.6) is 0 Å². The van der Waals surface area contributed by atoms with Crippen LogP contribution in [0.4, 0.5) is 4.79 Å². The van der Waals surface area contributed by atoms with Gasteiger partial charge in [0.2, 0.25) is 0 Å². The van der Waals surface area contributed by atoms with Crippen LogP contribution >= 0.6 is 0 Å². The molecular formula is C20H22N4O2. The molecule has 2 N–H and O–H groups in total. The van der Waals surface area contributed by atoms with E-state index in [2.05, 4.69) is 47.6 Å². The van der Waals surface area contributed by atoms with E-state index in [1.807, 2.05) is 26.0 Å². The minimum atomic E-state index is -1.04. The summed E-state index contributed by atoms with van der Waals surface area (Å²) in [6, 6.07) is 10.2. The Kier molecular flexibility index (Phi) is 4.75. The fourth-order valence-electron chi connectivity index (χ4n) is 3.08. The highest BCUT2D eigenvalue weighted by Gasteiger charge is 2.13. The maximum atomic E-state index is 10.8. The first-order chi connectivity index (χ1) is 12.3. The first-order valence-corrected chi connectivity index (χ1v) is 8.42. The molecule has 6 heteroatoms. The van der Waals surface area contributed by atoms with Crippen molar-refractivity contribution in [2.24, 2.45) is 0 Å². The first kappa shape index (κ1) is 17.7. The molecule has 1 amide bonds. The van der Waals surface area contributed by atoms with Crippen molar-refractivity contribution >= 4 is 6.09 Å². The second kappa shape index (κ2) is 7.00. The number of hydrogen-bond donors (Lipinski definition) is 2. The number of benzene rings is 2. The van der Waals surface area contributed by atoms with Gasteiger partial charge in [0.1, 0.15) is 5.69 Å². The van der Waals surface area contributed by atoms with Gasteiger partial charge in [-0.05, 0) is 56.0 Å². The molecule has 3 aromatic rings. The average molecular weight is 350 g/mol. The van der Waals surface area contributed by atoms with E-state index in [0.29, 0.717) is 0 Å². The Balaban J connectivity index is 2.00. The van der Waals surface area contributed by atoms with Gasteiger partial charge in [-0.3, -0.25) is 0 Å². The molecule has 0 radical (unpaired) electrons. The average Bonchev–Trinajstić information content (AvgIpc) is 3.04. The number of carbonyl (C=O) groups is 1. The molecule has 1 heterocycles. The number of aryl methyl sites for hydroxylation is 3. The van der Waals surface area contributed by atoms with E-state index in [-0.39, 0.29) is 6.54 Å². The highest BCUT2D eigenvalue weighted by atomic mass is 16.4. The van der Waals surface area contributed by atoms with Gasteiger partial charge in [-0.15, -0.1) is 5.10 Å². The van der Waals surface area contributed by atoms with Crippen molar-refractivity contribution in [1.29, 1.82) is 0 Å². The third-order valence-corrected chi connectivity index (χ3v) is 4.43. The van der Waals surface area contributed by atoms with Gasteiger partial charge in [0.15, 0.2) is 0 Å². The third kappa shape index (κ3) is 3.59. The summed E-state index contributed by atoms with van der Waals surface area (Å²) in [5.74, 6) is 0. The minimum Gasteiger partial charge on any atom is -0.465 e. The van der Waals surface area contributed by atoms with E-state index in [4.69, 9.17) is 5.11 Å². The lowest BCUT2D eigenvalue weighted by atomic mass is 10.0. The molecule has 0 aliphatic carbocycles. The Bertz CT molecular complexity index is 976. The summed E-state index contributed by atoms with van der Waals surface area (Å²) in [5, 5.41) is 20.4. The smallest absolute Gasteiger partial charge is 0.404 e. The number of aromatic nitrogens is 3. The first-order valence-electron chi connectivity index (χ1n) is 8.42. The molecule has 1 aromatic heterocycles. The zero-order chi connectivity index (χ0) is 18.8. The van der Waals surface area contributed by atoms with Gasteiger partial charge < -0.3 is 10.4 Å². The summed E-state index contributed by atoms with van der Waals surface area (Å²) < 4.78 is 0.